The zero-order chi connectivity index (χ0) is 14.1. The van der Waals surface area contributed by atoms with Gasteiger partial charge in [0.05, 0.1) is 0 Å². The Morgan fingerprint density at radius 3 is 2.90 bits per heavy atom. The molecule has 0 unspecified atom stereocenters. The number of pyridine rings is 2. The average molecular weight is 277 g/mol. The summed E-state index contributed by atoms with van der Waals surface area (Å²) in [4.78, 5) is 12.9. The number of imidazole rings is 2. The van der Waals surface area contributed by atoms with E-state index in [1.807, 2.05) is 53.3 Å². The van der Waals surface area contributed by atoms with Crippen LogP contribution < -0.4 is 0 Å². The highest BCUT2D eigenvalue weighted by Crippen LogP contribution is 2.20. The van der Waals surface area contributed by atoms with Crippen LogP contribution in [0.25, 0.3) is 16.8 Å². The van der Waals surface area contributed by atoms with Gasteiger partial charge in [-0.2, -0.15) is 0 Å². The van der Waals surface area contributed by atoms with E-state index in [1.54, 1.807) is 6.20 Å². The summed E-state index contributed by atoms with van der Waals surface area (Å²) in [5.74, 6) is 1.20. The van der Waals surface area contributed by atoms with Crippen molar-refractivity contribution in [3.63, 3.8) is 0 Å². The van der Waals surface area contributed by atoms with Crippen LogP contribution in [0.2, 0.25) is 0 Å². The zero-order valence-electron chi connectivity index (χ0n) is 11.6. The molecule has 0 amide bonds. The van der Waals surface area contributed by atoms with Crippen molar-refractivity contribution in [3.8, 4) is 0 Å². The van der Waals surface area contributed by atoms with Gasteiger partial charge in [-0.1, -0.05) is 6.07 Å². The van der Waals surface area contributed by atoms with Crippen LogP contribution in [0.1, 0.15) is 12.2 Å². The van der Waals surface area contributed by atoms with Crippen molar-refractivity contribution in [2.75, 3.05) is 0 Å². The molecule has 0 saturated heterocycles. The third-order valence-corrected chi connectivity index (χ3v) is 3.67. The summed E-state index contributed by atoms with van der Waals surface area (Å²) >= 11 is 0. The van der Waals surface area contributed by atoms with E-state index >= 15 is 0 Å². The van der Waals surface area contributed by atoms with Gasteiger partial charge in [0.25, 0.3) is 0 Å². The largest absolute Gasteiger partial charge is 0.313 e. The first-order valence-electron chi connectivity index (χ1n) is 7.10. The molecule has 4 aromatic heterocycles. The van der Waals surface area contributed by atoms with E-state index < -0.39 is 0 Å². The Balaban J connectivity index is 0.000000115. The Morgan fingerprint density at radius 1 is 0.952 bits per heavy atom. The van der Waals surface area contributed by atoms with E-state index in [0.29, 0.717) is 0 Å². The van der Waals surface area contributed by atoms with E-state index in [1.165, 1.54) is 12.2 Å². The van der Waals surface area contributed by atoms with Gasteiger partial charge in [-0.05, 0) is 30.7 Å². The van der Waals surface area contributed by atoms with Crippen molar-refractivity contribution in [1.29, 1.82) is 0 Å². The fourth-order valence-corrected chi connectivity index (χ4v) is 2.69. The number of hydrogen-bond donors (Lipinski definition) is 0. The molecule has 104 valence electrons. The van der Waals surface area contributed by atoms with Gasteiger partial charge in [0.15, 0.2) is 5.65 Å². The van der Waals surface area contributed by atoms with Crippen molar-refractivity contribution in [2.45, 2.75) is 19.4 Å². The minimum atomic E-state index is 0.998. The van der Waals surface area contributed by atoms with Crippen LogP contribution in [0.3, 0.4) is 0 Å². The van der Waals surface area contributed by atoms with Crippen LogP contribution in [0, 0.1) is 0 Å². The number of aryl methyl sites for hydroxylation is 2. The molecule has 0 spiro atoms. The van der Waals surface area contributed by atoms with Crippen molar-refractivity contribution in [3.05, 3.63) is 60.9 Å². The van der Waals surface area contributed by atoms with Gasteiger partial charge >= 0.3 is 0 Å². The summed E-state index contributed by atoms with van der Waals surface area (Å²) < 4.78 is 4.19. The van der Waals surface area contributed by atoms with Gasteiger partial charge in [0.2, 0.25) is 0 Å². The van der Waals surface area contributed by atoms with E-state index in [4.69, 9.17) is 0 Å². The van der Waals surface area contributed by atoms with Crippen molar-refractivity contribution in [2.24, 2.45) is 0 Å². The topological polar surface area (TPSA) is 48.0 Å². The van der Waals surface area contributed by atoms with Crippen molar-refractivity contribution in [1.82, 2.24) is 23.9 Å². The second kappa shape index (κ2) is 5.01. The van der Waals surface area contributed by atoms with E-state index in [-0.39, 0.29) is 0 Å². The molecule has 1 aliphatic heterocycles. The molecule has 5 nitrogen and oxygen atoms in total. The van der Waals surface area contributed by atoms with Crippen LogP contribution in [-0.2, 0) is 13.0 Å². The summed E-state index contributed by atoms with van der Waals surface area (Å²) in [6.07, 6.45) is 9.84. The predicted octanol–water partition coefficient (Wildman–Crippen LogP) is 2.71. The molecule has 0 atom stereocenters. The molecule has 5 heteroatoms. The molecule has 5 rings (SSSR count). The number of aromatic nitrogens is 5. The van der Waals surface area contributed by atoms with Crippen molar-refractivity contribution < 1.29 is 0 Å². The first kappa shape index (κ1) is 12.1. The van der Waals surface area contributed by atoms with Gasteiger partial charge in [-0.25, -0.2) is 15.0 Å². The fraction of sp³-hybridized carbons (Fsp3) is 0.188. The Labute approximate surface area is 121 Å². The quantitative estimate of drug-likeness (QED) is 0.496. The minimum absolute atomic E-state index is 0.998. The van der Waals surface area contributed by atoms with Gasteiger partial charge in [-0.3, -0.25) is 0 Å². The summed E-state index contributed by atoms with van der Waals surface area (Å²) in [6.45, 7) is 1.09. The average Bonchev–Trinajstić information content (AvgIpc) is 3.23. The second-order valence-corrected chi connectivity index (χ2v) is 5.02. The van der Waals surface area contributed by atoms with Gasteiger partial charge in [0, 0.05) is 37.8 Å². The van der Waals surface area contributed by atoms with Crippen LogP contribution in [-0.4, -0.2) is 23.9 Å². The standard InChI is InChI=1S/C9H9N3.C7H6N2/c1-3-7-9(10-5-1)12-6-2-4-8(12)11-7;1-2-5-9-6-4-8-7(9)3-1/h1,3,5H,2,4,6H2;1-6H. The lowest BCUT2D eigenvalue weighted by atomic mass is 10.3. The van der Waals surface area contributed by atoms with Crippen molar-refractivity contribution >= 4 is 16.8 Å². The highest BCUT2D eigenvalue weighted by atomic mass is 15.1. The predicted molar refractivity (Wildman–Crippen MR) is 81.0 cm³/mol. The highest BCUT2D eigenvalue weighted by molar-refractivity contribution is 5.71. The summed E-state index contributed by atoms with van der Waals surface area (Å²) in [6, 6.07) is 9.88. The number of nitrogens with zero attached hydrogens (tertiary/aromatic N) is 5. The highest BCUT2D eigenvalue weighted by Gasteiger charge is 2.15. The molecule has 0 aromatic carbocycles. The third-order valence-electron chi connectivity index (χ3n) is 3.67. The van der Waals surface area contributed by atoms with Gasteiger partial charge in [0.1, 0.15) is 17.0 Å². The normalized spacial score (nSPS) is 13.1. The molecule has 0 saturated carbocycles. The van der Waals surface area contributed by atoms with Crippen LogP contribution in [0.4, 0.5) is 0 Å². The molecule has 0 radical (unpaired) electrons. The number of rotatable bonds is 0. The van der Waals surface area contributed by atoms with Crippen LogP contribution in [0.15, 0.2) is 55.1 Å². The third kappa shape index (κ3) is 2.16. The van der Waals surface area contributed by atoms with Gasteiger partial charge < -0.3 is 8.97 Å². The summed E-state index contributed by atoms with van der Waals surface area (Å²) in [5.41, 5.74) is 3.08. The maximum Gasteiger partial charge on any atom is 0.159 e. The Bertz CT molecular complexity index is 860. The minimum Gasteiger partial charge on any atom is -0.313 e. The Morgan fingerprint density at radius 2 is 1.95 bits per heavy atom. The molecular weight excluding hydrogens is 262 g/mol. The lowest BCUT2D eigenvalue weighted by Crippen LogP contribution is -1.92. The fourth-order valence-electron chi connectivity index (χ4n) is 2.69. The first-order valence-corrected chi connectivity index (χ1v) is 7.10. The molecule has 0 N–H and O–H groups in total. The monoisotopic (exact) mass is 277 g/mol. The summed E-state index contributed by atoms with van der Waals surface area (Å²) in [5, 5.41) is 0. The van der Waals surface area contributed by atoms with E-state index in [9.17, 15) is 0 Å². The Hall–Kier alpha value is -2.69. The molecule has 4 aromatic rings. The summed E-state index contributed by atoms with van der Waals surface area (Å²) in [7, 11) is 0. The second-order valence-electron chi connectivity index (χ2n) is 5.02. The van der Waals surface area contributed by atoms with E-state index in [2.05, 4.69) is 19.5 Å². The molecule has 5 heterocycles. The molecule has 0 aliphatic carbocycles. The van der Waals surface area contributed by atoms with Crippen LogP contribution in [0.5, 0.6) is 0 Å². The smallest absolute Gasteiger partial charge is 0.159 e. The maximum absolute atomic E-state index is 4.49. The molecule has 1 aliphatic rings. The SMILES string of the molecule is c1ccn2ccnc2c1.c1cnc2c(c1)nc1n2CCC1. The molecule has 0 bridgehead atoms. The zero-order valence-corrected chi connectivity index (χ0v) is 11.6. The molecule has 21 heavy (non-hydrogen) atoms. The lowest BCUT2D eigenvalue weighted by Gasteiger charge is -1.94. The number of fused-ring (bicyclic) bond motifs is 4. The lowest BCUT2D eigenvalue weighted by molar-refractivity contribution is 0.764. The van der Waals surface area contributed by atoms with E-state index in [0.717, 1.165) is 29.8 Å². The maximum atomic E-state index is 4.49. The van der Waals surface area contributed by atoms with Crippen LogP contribution >= 0.6 is 0 Å². The number of hydrogen-bond acceptors (Lipinski definition) is 3. The molecular formula is C16H15N5. The van der Waals surface area contributed by atoms with Gasteiger partial charge in [-0.15, -0.1) is 0 Å². The first-order chi connectivity index (χ1) is 10.4. The Kier molecular flexibility index (Phi) is 2.88. The molecule has 0 fully saturated rings.